The van der Waals surface area contributed by atoms with Crippen molar-refractivity contribution in [3.8, 4) is 0 Å². The van der Waals surface area contributed by atoms with Crippen LogP contribution in [0.2, 0.25) is 0 Å². The Balaban J connectivity index is 1.59. The molecule has 3 heterocycles. The first-order valence-corrected chi connectivity index (χ1v) is 9.00. The van der Waals surface area contributed by atoms with Crippen LogP contribution in [0.1, 0.15) is 42.9 Å². The van der Waals surface area contributed by atoms with Crippen LogP contribution in [0.5, 0.6) is 0 Å². The number of nitrogens with zero attached hydrogens (tertiary/aromatic N) is 5. The van der Waals surface area contributed by atoms with Gasteiger partial charge in [-0.3, -0.25) is 4.68 Å². The number of fused-ring (bicyclic) bond motifs is 1. The van der Waals surface area contributed by atoms with Crippen molar-refractivity contribution in [2.75, 3.05) is 25.2 Å². The molecule has 1 aliphatic carbocycles. The van der Waals surface area contributed by atoms with Crippen LogP contribution in [0.25, 0.3) is 0 Å². The van der Waals surface area contributed by atoms with E-state index >= 15 is 0 Å². The molecule has 0 bridgehead atoms. The molecule has 1 aliphatic heterocycles. The molecule has 1 fully saturated rings. The van der Waals surface area contributed by atoms with Gasteiger partial charge in [-0.05, 0) is 18.8 Å². The maximum absolute atomic E-state index is 13.1. The highest BCUT2D eigenvalue weighted by Gasteiger charge is 2.31. The van der Waals surface area contributed by atoms with E-state index in [0.717, 1.165) is 19.0 Å². The summed E-state index contributed by atoms with van der Waals surface area (Å²) in [6.07, 6.45) is 9.68. The standard InChI is InChI=1S/C18H24FN5O/c1-25-12-15-11-23(18-20-7-16(19)8-21-18)10-14-6-22-24(17(14)15)9-13-4-2-3-5-13/h6-8,13,15H,2-5,9-12H2,1H3. The van der Waals surface area contributed by atoms with Gasteiger partial charge in [0.1, 0.15) is 0 Å². The van der Waals surface area contributed by atoms with Gasteiger partial charge in [0.25, 0.3) is 0 Å². The van der Waals surface area contributed by atoms with Crippen LogP contribution < -0.4 is 4.90 Å². The Kier molecular flexibility index (Phi) is 4.65. The summed E-state index contributed by atoms with van der Waals surface area (Å²) < 4.78 is 20.8. The number of aromatic nitrogens is 4. The van der Waals surface area contributed by atoms with E-state index in [-0.39, 0.29) is 5.92 Å². The first kappa shape index (κ1) is 16.4. The molecule has 1 atom stereocenters. The molecule has 2 aromatic heterocycles. The molecular weight excluding hydrogens is 321 g/mol. The zero-order valence-corrected chi connectivity index (χ0v) is 14.6. The third kappa shape index (κ3) is 3.38. The second-order valence-electron chi connectivity index (χ2n) is 7.12. The first-order valence-electron chi connectivity index (χ1n) is 9.00. The highest BCUT2D eigenvalue weighted by molar-refractivity contribution is 5.39. The van der Waals surface area contributed by atoms with Crippen molar-refractivity contribution in [2.45, 2.75) is 44.7 Å². The highest BCUT2D eigenvalue weighted by Crippen LogP contribution is 2.33. The van der Waals surface area contributed by atoms with Gasteiger partial charge < -0.3 is 9.64 Å². The molecule has 2 aliphatic rings. The normalized spacial score (nSPS) is 20.9. The zero-order chi connectivity index (χ0) is 17.2. The van der Waals surface area contributed by atoms with E-state index in [0.29, 0.717) is 19.1 Å². The van der Waals surface area contributed by atoms with Crippen molar-refractivity contribution < 1.29 is 9.13 Å². The van der Waals surface area contributed by atoms with Gasteiger partial charge in [0.15, 0.2) is 5.82 Å². The quantitative estimate of drug-likeness (QED) is 0.834. The lowest BCUT2D eigenvalue weighted by Crippen LogP contribution is -2.37. The topological polar surface area (TPSA) is 56.1 Å². The van der Waals surface area contributed by atoms with Crippen molar-refractivity contribution in [2.24, 2.45) is 5.92 Å². The number of methoxy groups -OCH3 is 1. The van der Waals surface area contributed by atoms with Crippen molar-refractivity contribution >= 4 is 5.95 Å². The lowest BCUT2D eigenvalue weighted by Gasteiger charge is -2.33. The summed E-state index contributed by atoms with van der Waals surface area (Å²) in [5.41, 5.74) is 2.48. The van der Waals surface area contributed by atoms with E-state index in [1.807, 2.05) is 6.20 Å². The summed E-state index contributed by atoms with van der Waals surface area (Å²) >= 11 is 0. The van der Waals surface area contributed by atoms with Crippen molar-refractivity contribution in [1.29, 1.82) is 0 Å². The SMILES string of the molecule is COCC1CN(c2ncc(F)cn2)Cc2cnn(CC3CCCC3)c21. The van der Waals surface area contributed by atoms with Gasteiger partial charge in [-0.25, -0.2) is 14.4 Å². The summed E-state index contributed by atoms with van der Waals surface area (Å²) in [4.78, 5) is 10.3. The van der Waals surface area contributed by atoms with E-state index in [4.69, 9.17) is 4.74 Å². The Morgan fingerprint density at radius 1 is 1.20 bits per heavy atom. The van der Waals surface area contributed by atoms with Gasteiger partial charge in [-0.1, -0.05) is 12.8 Å². The molecule has 25 heavy (non-hydrogen) atoms. The predicted octanol–water partition coefficient (Wildman–Crippen LogP) is 2.75. The van der Waals surface area contributed by atoms with Crippen LogP contribution in [0.3, 0.4) is 0 Å². The van der Waals surface area contributed by atoms with Crippen LogP contribution in [0, 0.1) is 11.7 Å². The lowest BCUT2D eigenvalue weighted by molar-refractivity contribution is 0.173. The van der Waals surface area contributed by atoms with Crippen LogP contribution in [-0.2, 0) is 17.8 Å². The fraction of sp³-hybridized carbons (Fsp3) is 0.611. The highest BCUT2D eigenvalue weighted by atomic mass is 19.1. The fourth-order valence-electron chi connectivity index (χ4n) is 4.19. The molecule has 134 valence electrons. The molecule has 0 aromatic carbocycles. The van der Waals surface area contributed by atoms with E-state index in [1.165, 1.54) is 49.3 Å². The second kappa shape index (κ2) is 7.07. The van der Waals surface area contributed by atoms with Crippen molar-refractivity contribution in [3.63, 3.8) is 0 Å². The van der Waals surface area contributed by atoms with Crippen LogP contribution in [0.4, 0.5) is 10.3 Å². The average molecular weight is 345 g/mol. The molecule has 0 N–H and O–H groups in total. The molecule has 6 nitrogen and oxygen atoms in total. The largest absolute Gasteiger partial charge is 0.384 e. The van der Waals surface area contributed by atoms with E-state index in [2.05, 4.69) is 24.6 Å². The minimum atomic E-state index is -0.417. The van der Waals surface area contributed by atoms with Crippen LogP contribution in [0.15, 0.2) is 18.6 Å². The number of ether oxygens (including phenoxy) is 1. The van der Waals surface area contributed by atoms with Gasteiger partial charge in [-0.15, -0.1) is 0 Å². The van der Waals surface area contributed by atoms with Gasteiger partial charge in [0.2, 0.25) is 5.95 Å². The molecular formula is C18H24FN5O. The Hall–Kier alpha value is -2.02. The molecule has 0 saturated heterocycles. The minimum absolute atomic E-state index is 0.214. The van der Waals surface area contributed by atoms with Gasteiger partial charge in [0, 0.05) is 38.2 Å². The monoisotopic (exact) mass is 345 g/mol. The zero-order valence-electron chi connectivity index (χ0n) is 14.6. The molecule has 0 radical (unpaired) electrons. The Bertz CT molecular complexity index is 711. The fourth-order valence-corrected chi connectivity index (χ4v) is 4.19. The summed E-state index contributed by atoms with van der Waals surface area (Å²) in [6.45, 7) is 3.08. The summed E-state index contributed by atoms with van der Waals surface area (Å²) in [5, 5.41) is 4.67. The molecule has 4 rings (SSSR count). The summed E-state index contributed by atoms with van der Waals surface area (Å²) in [5.74, 6) is 1.09. The van der Waals surface area contributed by atoms with Gasteiger partial charge in [-0.2, -0.15) is 5.10 Å². The molecule has 1 saturated carbocycles. The van der Waals surface area contributed by atoms with Gasteiger partial charge in [0.05, 0.1) is 30.9 Å². The molecule has 0 spiro atoms. The molecule has 2 aromatic rings. The number of halogens is 1. The number of hydrogen-bond donors (Lipinski definition) is 0. The number of hydrogen-bond acceptors (Lipinski definition) is 5. The van der Waals surface area contributed by atoms with Gasteiger partial charge >= 0.3 is 0 Å². The van der Waals surface area contributed by atoms with Crippen molar-refractivity contribution in [3.05, 3.63) is 35.7 Å². The predicted molar refractivity (Wildman–Crippen MR) is 91.8 cm³/mol. The Morgan fingerprint density at radius 2 is 1.96 bits per heavy atom. The minimum Gasteiger partial charge on any atom is -0.384 e. The van der Waals surface area contributed by atoms with E-state index in [9.17, 15) is 4.39 Å². The first-order chi connectivity index (χ1) is 12.2. The van der Waals surface area contributed by atoms with E-state index in [1.54, 1.807) is 7.11 Å². The van der Waals surface area contributed by atoms with E-state index < -0.39 is 5.82 Å². The lowest BCUT2D eigenvalue weighted by atomic mass is 9.96. The summed E-state index contributed by atoms with van der Waals surface area (Å²) in [7, 11) is 1.73. The third-order valence-electron chi connectivity index (χ3n) is 5.31. The average Bonchev–Trinajstić information content (AvgIpc) is 3.26. The maximum atomic E-state index is 13.1. The number of rotatable bonds is 5. The smallest absolute Gasteiger partial charge is 0.225 e. The van der Waals surface area contributed by atoms with Crippen LogP contribution >= 0.6 is 0 Å². The molecule has 7 heteroatoms. The molecule has 0 amide bonds. The van der Waals surface area contributed by atoms with Crippen LogP contribution in [-0.4, -0.2) is 40.0 Å². The summed E-state index contributed by atoms with van der Waals surface area (Å²) in [6, 6.07) is 0. The molecule has 1 unspecified atom stereocenters. The second-order valence-corrected chi connectivity index (χ2v) is 7.12. The van der Waals surface area contributed by atoms with Crippen molar-refractivity contribution in [1.82, 2.24) is 19.7 Å². The number of anilines is 1. The Labute approximate surface area is 147 Å². The maximum Gasteiger partial charge on any atom is 0.225 e. The third-order valence-corrected chi connectivity index (χ3v) is 5.31. The Morgan fingerprint density at radius 3 is 2.68 bits per heavy atom.